The van der Waals surface area contributed by atoms with Gasteiger partial charge in [0.05, 0.1) is 10.7 Å². The monoisotopic (exact) mass is 265 g/mol. The van der Waals surface area contributed by atoms with Crippen molar-refractivity contribution < 1.29 is 0 Å². The van der Waals surface area contributed by atoms with Gasteiger partial charge >= 0.3 is 0 Å². The first-order valence-electron chi connectivity index (χ1n) is 7.09. The maximum Gasteiger partial charge on any atom is 0.0637 e. The van der Waals surface area contributed by atoms with E-state index in [1.807, 2.05) is 6.07 Å². The number of aryl methyl sites for hydroxylation is 1. The summed E-state index contributed by atoms with van der Waals surface area (Å²) in [6.45, 7) is 6.70. The Bertz CT molecular complexity index is 396. The van der Waals surface area contributed by atoms with Crippen LogP contribution in [0.25, 0.3) is 0 Å². The molecule has 0 aliphatic heterocycles. The molecule has 2 rings (SSSR count). The largest absolute Gasteiger partial charge is 0.381 e. The van der Waals surface area contributed by atoms with E-state index in [0.717, 1.165) is 22.5 Å². The third kappa shape index (κ3) is 3.91. The van der Waals surface area contributed by atoms with Crippen LogP contribution in [0.5, 0.6) is 0 Å². The molecule has 2 heteroatoms. The van der Waals surface area contributed by atoms with Crippen molar-refractivity contribution >= 4 is 17.3 Å². The van der Waals surface area contributed by atoms with Gasteiger partial charge in [0.2, 0.25) is 0 Å². The number of benzene rings is 1. The molecule has 0 amide bonds. The van der Waals surface area contributed by atoms with Gasteiger partial charge in [0.1, 0.15) is 0 Å². The standard InChI is InChI=1S/C16H24ClN/c1-11(2)4-9-15(13-6-7-13)18-16-10-12(3)5-8-14(16)17/h5,8,10-11,13,15,18H,4,6-7,9H2,1-3H3. The van der Waals surface area contributed by atoms with Gasteiger partial charge in [-0.1, -0.05) is 31.5 Å². The Kier molecular flexibility index (Phi) is 4.55. The van der Waals surface area contributed by atoms with E-state index >= 15 is 0 Å². The SMILES string of the molecule is Cc1ccc(Cl)c(NC(CCC(C)C)C2CC2)c1. The summed E-state index contributed by atoms with van der Waals surface area (Å²) < 4.78 is 0. The van der Waals surface area contributed by atoms with Crippen molar-refractivity contribution in [3.63, 3.8) is 0 Å². The first-order chi connectivity index (χ1) is 8.56. The highest BCUT2D eigenvalue weighted by Crippen LogP contribution is 2.37. The Hall–Kier alpha value is -0.690. The predicted octanol–water partition coefficient (Wildman–Crippen LogP) is 5.28. The summed E-state index contributed by atoms with van der Waals surface area (Å²) in [5.74, 6) is 1.64. The van der Waals surface area contributed by atoms with Crippen molar-refractivity contribution in [1.82, 2.24) is 0 Å². The summed E-state index contributed by atoms with van der Waals surface area (Å²) in [7, 11) is 0. The second kappa shape index (κ2) is 5.97. The van der Waals surface area contributed by atoms with Crippen LogP contribution in [0.2, 0.25) is 5.02 Å². The first-order valence-corrected chi connectivity index (χ1v) is 7.46. The van der Waals surface area contributed by atoms with Crippen molar-refractivity contribution in [1.29, 1.82) is 0 Å². The van der Waals surface area contributed by atoms with Crippen molar-refractivity contribution in [2.24, 2.45) is 11.8 Å². The van der Waals surface area contributed by atoms with E-state index in [1.165, 1.54) is 31.2 Å². The smallest absolute Gasteiger partial charge is 0.0637 e. The molecule has 0 saturated heterocycles. The van der Waals surface area contributed by atoms with Crippen molar-refractivity contribution in [2.75, 3.05) is 5.32 Å². The summed E-state index contributed by atoms with van der Waals surface area (Å²) in [5.41, 5.74) is 2.37. The molecule has 1 saturated carbocycles. The lowest BCUT2D eigenvalue weighted by Crippen LogP contribution is -2.22. The van der Waals surface area contributed by atoms with E-state index in [-0.39, 0.29) is 0 Å². The molecule has 1 aromatic rings. The van der Waals surface area contributed by atoms with Crippen LogP contribution in [0.15, 0.2) is 18.2 Å². The minimum atomic E-state index is 0.603. The average Bonchev–Trinajstić information content (AvgIpc) is 3.12. The average molecular weight is 266 g/mol. The molecule has 0 bridgehead atoms. The van der Waals surface area contributed by atoms with Gasteiger partial charge in [0, 0.05) is 6.04 Å². The molecular weight excluding hydrogens is 242 g/mol. The number of rotatable bonds is 6. The maximum atomic E-state index is 6.27. The highest BCUT2D eigenvalue weighted by Gasteiger charge is 2.31. The molecule has 0 spiro atoms. The molecule has 1 aliphatic carbocycles. The molecule has 1 unspecified atom stereocenters. The summed E-state index contributed by atoms with van der Waals surface area (Å²) in [6, 6.07) is 6.82. The summed E-state index contributed by atoms with van der Waals surface area (Å²) in [4.78, 5) is 0. The molecule has 1 N–H and O–H groups in total. The minimum Gasteiger partial charge on any atom is -0.381 e. The highest BCUT2D eigenvalue weighted by molar-refractivity contribution is 6.33. The second-order valence-electron chi connectivity index (χ2n) is 6.04. The van der Waals surface area contributed by atoms with Crippen LogP contribution in [0.1, 0.15) is 45.1 Å². The van der Waals surface area contributed by atoms with E-state index in [1.54, 1.807) is 0 Å². The maximum absolute atomic E-state index is 6.27. The number of hydrogen-bond acceptors (Lipinski definition) is 1. The van der Waals surface area contributed by atoms with Gasteiger partial charge < -0.3 is 5.32 Å². The molecule has 0 aromatic heterocycles. The normalized spacial score (nSPS) is 16.9. The van der Waals surface area contributed by atoms with E-state index in [2.05, 4.69) is 38.2 Å². The molecule has 1 nitrogen and oxygen atoms in total. The van der Waals surface area contributed by atoms with Crippen molar-refractivity contribution in [3.05, 3.63) is 28.8 Å². The van der Waals surface area contributed by atoms with Gasteiger partial charge in [0.25, 0.3) is 0 Å². The fraction of sp³-hybridized carbons (Fsp3) is 0.625. The fourth-order valence-electron chi connectivity index (χ4n) is 2.39. The van der Waals surface area contributed by atoms with Gasteiger partial charge in [0.15, 0.2) is 0 Å². The zero-order valence-electron chi connectivity index (χ0n) is 11.7. The van der Waals surface area contributed by atoms with Crippen LogP contribution in [0.3, 0.4) is 0 Å². The topological polar surface area (TPSA) is 12.0 Å². The van der Waals surface area contributed by atoms with Gasteiger partial charge in [-0.15, -0.1) is 0 Å². The zero-order valence-corrected chi connectivity index (χ0v) is 12.4. The third-order valence-corrected chi connectivity index (χ3v) is 4.04. The van der Waals surface area contributed by atoms with Crippen LogP contribution >= 0.6 is 11.6 Å². The number of nitrogens with one attached hydrogen (secondary N) is 1. The van der Waals surface area contributed by atoms with Crippen LogP contribution in [0, 0.1) is 18.8 Å². The van der Waals surface area contributed by atoms with E-state index < -0.39 is 0 Å². The van der Waals surface area contributed by atoms with Crippen LogP contribution in [0.4, 0.5) is 5.69 Å². The van der Waals surface area contributed by atoms with E-state index in [9.17, 15) is 0 Å². The first kappa shape index (κ1) is 13.7. The molecule has 1 aromatic carbocycles. The predicted molar refractivity (Wildman–Crippen MR) is 80.4 cm³/mol. The van der Waals surface area contributed by atoms with Crippen LogP contribution in [-0.2, 0) is 0 Å². The molecule has 0 heterocycles. The number of hydrogen-bond donors (Lipinski definition) is 1. The van der Waals surface area contributed by atoms with Crippen molar-refractivity contribution in [3.8, 4) is 0 Å². The zero-order chi connectivity index (χ0) is 13.1. The highest BCUT2D eigenvalue weighted by atomic mass is 35.5. The summed E-state index contributed by atoms with van der Waals surface area (Å²) in [5, 5.41) is 4.52. The van der Waals surface area contributed by atoms with Gasteiger partial charge in [-0.3, -0.25) is 0 Å². The molecule has 1 atom stereocenters. The lowest BCUT2D eigenvalue weighted by molar-refractivity contribution is 0.486. The molecule has 18 heavy (non-hydrogen) atoms. The summed E-state index contributed by atoms with van der Waals surface area (Å²) >= 11 is 6.27. The number of halogens is 1. The molecule has 100 valence electrons. The molecule has 1 fully saturated rings. The fourth-order valence-corrected chi connectivity index (χ4v) is 2.56. The van der Waals surface area contributed by atoms with Crippen LogP contribution in [-0.4, -0.2) is 6.04 Å². The molecular formula is C16H24ClN. The van der Waals surface area contributed by atoms with Crippen LogP contribution < -0.4 is 5.32 Å². The third-order valence-electron chi connectivity index (χ3n) is 3.71. The van der Waals surface area contributed by atoms with Gasteiger partial charge in [-0.05, 0) is 62.1 Å². The Balaban J connectivity index is 2.01. The molecule has 1 aliphatic rings. The lowest BCUT2D eigenvalue weighted by Gasteiger charge is -2.21. The number of anilines is 1. The Labute approximate surface area is 116 Å². The van der Waals surface area contributed by atoms with E-state index in [0.29, 0.717) is 6.04 Å². The van der Waals surface area contributed by atoms with Gasteiger partial charge in [-0.2, -0.15) is 0 Å². The lowest BCUT2D eigenvalue weighted by atomic mass is 10.00. The Morgan fingerprint density at radius 2 is 2.00 bits per heavy atom. The minimum absolute atomic E-state index is 0.603. The Morgan fingerprint density at radius 3 is 2.61 bits per heavy atom. The Morgan fingerprint density at radius 1 is 1.28 bits per heavy atom. The van der Waals surface area contributed by atoms with Gasteiger partial charge in [-0.25, -0.2) is 0 Å². The molecule has 0 radical (unpaired) electrons. The van der Waals surface area contributed by atoms with Crippen molar-refractivity contribution in [2.45, 2.75) is 52.5 Å². The summed E-state index contributed by atoms with van der Waals surface area (Å²) in [6.07, 6.45) is 5.29. The second-order valence-corrected chi connectivity index (χ2v) is 6.45. The quantitative estimate of drug-likeness (QED) is 0.738. The van der Waals surface area contributed by atoms with E-state index in [4.69, 9.17) is 11.6 Å².